The molecule has 0 N–H and O–H groups in total. The van der Waals surface area contributed by atoms with Crippen molar-refractivity contribution in [3.05, 3.63) is 65.4 Å². The van der Waals surface area contributed by atoms with Crippen LogP contribution in [0.25, 0.3) is 22.0 Å². The van der Waals surface area contributed by atoms with E-state index in [9.17, 15) is 0 Å². The molecule has 0 bridgehead atoms. The van der Waals surface area contributed by atoms with Crippen LogP contribution in [0.3, 0.4) is 0 Å². The maximum absolute atomic E-state index is 4.78. The summed E-state index contributed by atoms with van der Waals surface area (Å²) in [5.74, 6) is 1.58. The zero-order chi connectivity index (χ0) is 17.9. The molecule has 0 radical (unpaired) electrons. The first-order chi connectivity index (χ1) is 12.7. The molecule has 0 spiro atoms. The molecule has 1 aromatic carbocycles. The van der Waals surface area contributed by atoms with Crippen LogP contribution in [0.4, 0.5) is 0 Å². The van der Waals surface area contributed by atoms with E-state index in [1.165, 1.54) is 11.1 Å². The number of thiazole rings is 1. The second kappa shape index (κ2) is 7.39. The van der Waals surface area contributed by atoms with Gasteiger partial charge in [-0.1, -0.05) is 36.0 Å². The van der Waals surface area contributed by atoms with Gasteiger partial charge >= 0.3 is 0 Å². The van der Waals surface area contributed by atoms with Crippen molar-refractivity contribution < 1.29 is 0 Å². The lowest BCUT2D eigenvalue weighted by Crippen LogP contribution is -1.95. The molecule has 0 saturated carbocycles. The lowest BCUT2D eigenvalue weighted by atomic mass is 10.1. The van der Waals surface area contributed by atoms with Crippen LogP contribution >= 0.6 is 23.1 Å². The van der Waals surface area contributed by atoms with E-state index >= 15 is 0 Å². The number of thioether (sulfide) groups is 1. The molecule has 0 atom stereocenters. The Hall–Kier alpha value is -2.51. The molecule has 0 amide bonds. The van der Waals surface area contributed by atoms with Crippen LogP contribution in [0.5, 0.6) is 0 Å². The Labute approximate surface area is 160 Å². The molecule has 0 aliphatic heterocycles. The number of nitrogens with zero attached hydrogens (tertiary/aromatic N) is 5. The first kappa shape index (κ1) is 16.9. The molecule has 0 aliphatic carbocycles. The average molecular weight is 380 g/mol. The van der Waals surface area contributed by atoms with Gasteiger partial charge in [0.25, 0.3) is 0 Å². The minimum Gasteiger partial charge on any atom is -0.305 e. The Balaban J connectivity index is 1.49. The van der Waals surface area contributed by atoms with Gasteiger partial charge in [-0.15, -0.1) is 21.5 Å². The van der Waals surface area contributed by atoms with Crippen LogP contribution < -0.4 is 0 Å². The SMILES string of the molecule is Cc1ccccc1-c1nc(CSc2nnc(-c3cccnc3)n2C)cs1. The Bertz CT molecular complexity index is 1020. The van der Waals surface area contributed by atoms with E-state index in [0.717, 1.165) is 33.0 Å². The second-order valence-corrected chi connectivity index (χ2v) is 7.66. The van der Waals surface area contributed by atoms with E-state index < -0.39 is 0 Å². The van der Waals surface area contributed by atoms with Gasteiger partial charge in [0.1, 0.15) is 5.01 Å². The highest BCUT2D eigenvalue weighted by molar-refractivity contribution is 7.98. The Kier molecular flexibility index (Phi) is 4.81. The molecule has 0 saturated heterocycles. The standard InChI is InChI=1S/C19H17N5S2/c1-13-6-3-4-8-16(13)18-21-15(11-25-18)12-26-19-23-22-17(24(19)2)14-7-5-9-20-10-14/h3-11H,12H2,1-2H3. The predicted molar refractivity (Wildman–Crippen MR) is 106 cm³/mol. The van der Waals surface area contributed by atoms with Crippen LogP contribution in [-0.2, 0) is 12.8 Å². The first-order valence-corrected chi connectivity index (χ1v) is 10.0. The summed E-state index contributed by atoms with van der Waals surface area (Å²) in [5, 5.41) is 12.7. The summed E-state index contributed by atoms with van der Waals surface area (Å²) in [6.45, 7) is 2.12. The molecule has 130 valence electrons. The Morgan fingerprint density at radius 2 is 2.00 bits per heavy atom. The van der Waals surface area contributed by atoms with Gasteiger partial charge in [0.05, 0.1) is 5.69 Å². The van der Waals surface area contributed by atoms with Gasteiger partial charge in [0.2, 0.25) is 0 Å². The van der Waals surface area contributed by atoms with Crippen molar-refractivity contribution in [1.29, 1.82) is 0 Å². The molecular formula is C19H17N5S2. The fourth-order valence-corrected chi connectivity index (χ4v) is 4.45. The number of hydrogen-bond donors (Lipinski definition) is 0. The fraction of sp³-hybridized carbons (Fsp3) is 0.158. The topological polar surface area (TPSA) is 56.5 Å². The number of benzene rings is 1. The van der Waals surface area contributed by atoms with Crippen LogP contribution in [0, 0.1) is 6.92 Å². The zero-order valence-corrected chi connectivity index (χ0v) is 16.1. The van der Waals surface area contributed by atoms with Crippen molar-refractivity contribution in [3.8, 4) is 22.0 Å². The molecule has 3 aromatic heterocycles. The second-order valence-electron chi connectivity index (χ2n) is 5.85. The molecule has 7 heteroatoms. The van der Waals surface area contributed by atoms with Crippen molar-refractivity contribution in [2.24, 2.45) is 7.05 Å². The van der Waals surface area contributed by atoms with E-state index in [0.29, 0.717) is 0 Å². The van der Waals surface area contributed by atoms with E-state index in [1.807, 2.05) is 23.7 Å². The third kappa shape index (κ3) is 3.40. The molecule has 0 unspecified atom stereocenters. The van der Waals surface area contributed by atoms with Gasteiger partial charge in [-0.3, -0.25) is 4.98 Å². The van der Waals surface area contributed by atoms with Gasteiger partial charge in [-0.2, -0.15) is 0 Å². The largest absolute Gasteiger partial charge is 0.305 e. The van der Waals surface area contributed by atoms with Crippen molar-refractivity contribution in [1.82, 2.24) is 24.7 Å². The summed E-state index contributed by atoms with van der Waals surface area (Å²) in [7, 11) is 1.98. The summed E-state index contributed by atoms with van der Waals surface area (Å²) >= 11 is 3.32. The monoisotopic (exact) mass is 379 g/mol. The molecule has 0 aliphatic rings. The smallest absolute Gasteiger partial charge is 0.191 e. The van der Waals surface area contributed by atoms with Crippen LogP contribution in [0.1, 0.15) is 11.3 Å². The molecule has 0 fully saturated rings. The van der Waals surface area contributed by atoms with E-state index in [1.54, 1.807) is 35.5 Å². The van der Waals surface area contributed by atoms with Crippen molar-refractivity contribution in [2.45, 2.75) is 17.8 Å². The van der Waals surface area contributed by atoms with Crippen molar-refractivity contribution >= 4 is 23.1 Å². The van der Waals surface area contributed by atoms with Crippen LogP contribution in [-0.4, -0.2) is 24.7 Å². The minimum atomic E-state index is 0.765. The van der Waals surface area contributed by atoms with Gasteiger partial charge in [0.15, 0.2) is 11.0 Å². The Morgan fingerprint density at radius 1 is 1.12 bits per heavy atom. The van der Waals surface area contributed by atoms with Crippen LogP contribution in [0.15, 0.2) is 59.3 Å². The summed E-state index contributed by atoms with van der Waals surface area (Å²) < 4.78 is 2.00. The maximum Gasteiger partial charge on any atom is 0.191 e. The van der Waals surface area contributed by atoms with E-state index in [2.05, 4.69) is 51.8 Å². The molecule has 26 heavy (non-hydrogen) atoms. The van der Waals surface area contributed by atoms with Crippen molar-refractivity contribution in [2.75, 3.05) is 0 Å². The van der Waals surface area contributed by atoms with Gasteiger partial charge in [-0.05, 0) is 24.6 Å². The van der Waals surface area contributed by atoms with Crippen molar-refractivity contribution in [3.63, 3.8) is 0 Å². The molecular weight excluding hydrogens is 362 g/mol. The average Bonchev–Trinajstić information content (AvgIpc) is 3.28. The summed E-state index contributed by atoms with van der Waals surface area (Å²) in [6.07, 6.45) is 3.55. The van der Waals surface area contributed by atoms with E-state index in [4.69, 9.17) is 4.98 Å². The third-order valence-corrected chi connectivity index (χ3v) is 6.01. The number of pyridine rings is 1. The highest BCUT2D eigenvalue weighted by Gasteiger charge is 2.13. The molecule has 4 rings (SSSR count). The number of aryl methyl sites for hydroxylation is 1. The first-order valence-electron chi connectivity index (χ1n) is 8.15. The minimum absolute atomic E-state index is 0.765. The number of hydrogen-bond acceptors (Lipinski definition) is 6. The lowest BCUT2D eigenvalue weighted by Gasteiger charge is -2.03. The van der Waals surface area contributed by atoms with E-state index in [-0.39, 0.29) is 0 Å². The summed E-state index contributed by atoms with van der Waals surface area (Å²) in [4.78, 5) is 8.93. The Morgan fingerprint density at radius 3 is 2.81 bits per heavy atom. The normalized spacial score (nSPS) is 11.0. The zero-order valence-electron chi connectivity index (χ0n) is 14.5. The predicted octanol–water partition coefficient (Wildman–Crippen LogP) is 4.60. The van der Waals surface area contributed by atoms with Crippen LogP contribution in [0.2, 0.25) is 0 Å². The summed E-state index contributed by atoms with van der Waals surface area (Å²) in [5.41, 5.74) is 4.47. The van der Waals surface area contributed by atoms with Gasteiger partial charge < -0.3 is 4.57 Å². The fourth-order valence-electron chi connectivity index (χ4n) is 2.64. The number of rotatable bonds is 5. The highest BCUT2D eigenvalue weighted by atomic mass is 32.2. The summed E-state index contributed by atoms with van der Waals surface area (Å²) in [6, 6.07) is 12.2. The maximum atomic E-state index is 4.78. The number of aromatic nitrogens is 5. The molecule has 5 nitrogen and oxygen atoms in total. The quantitative estimate of drug-likeness (QED) is 0.474. The highest BCUT2D eigenvalue weighted by Crippen LogP contribution is 2.30. The van der Waals surface area contributed by atoms with Gasteiger partial charge in [-0.25, -0.2) is 4.98 Å². The molecule has 3 heterocycles. The van der Waals surface area contributed by atoms with Gasteiger partial charge in [0, 0.05) is 41.7 Å². The molecule has 4 aromatic rings. The lowest BCUT2D eigenvalue weighted by molar-refractivity contribution is 0.793. The third-order valence-electron chi connectivity index (χ3n) is 4.03.